The third-order valence-electron chi connectivity index (χ3n) is 3.65. The van der Waals surface area contributed by atoms with Gasteiger partial charge in [-0.15, -0.1) is 0 Å². The summed E-state index contributed by atoms with van der Waals surface area (Å²) in [4.78, 5) is 12.2. The van der Waals surface area contributed by atoms with E-state index in [4.69, 9.17) is 16.3 Å². The van der Waals surface area contributed by atoms with Crippen LogP contribution in [0.3, 0.4) is 0 Å². The van der Waals surface area contributed by atoms with Gasteiger partial charge in [-0.3, -0.25) is 4.79 Å². The van der Waals surface area contributed by atoms with Crippen LogP contribution in [0.25, 0.3) is 0 Å². The predicted molar refractivity (Wildman–Crippen MR) is 76.7 cm³/mol. The second-order valence-electron chi connectivity index (χ2n) is 5.69. The molecule has 1 atom stereocenters. The molecule has 2 rings (SSSR count). The van der Waals surface area contributed by atoms with Gasteiger partial charge < -0.3 is 10.1 Å². The number of nitrogens with one attached hydrogen (secondary N) is 1. The molecule has 0 fully saturated rings. The number of carbonyl (C=O) groups excluding carboxylic acids is 1. The van der Waals surface area contributed by atoms with Gasteiger partial charge in [-0.05, 0) is 50.5 Å². The standard InChI is InChI=1S/C15H20ClNO2/c1-4-15(2,3)17-14(18)11-7-10-8-12(16)5-6-13(10)19-9-11/h5-6,8,11H,4,7,9H2,1-3H3,(H,17,18). The molecule has 4 heteroatoms. The lowest BCUT2D eigenvalue weighted by Gasteiger charge is -2.30. The maximum atomic E-state index is 12.2. The Bertz CT molecular complexity index is 485. The Morgan fingerprint density at radius 3 is 2.95 bits per heavy atom. The fraction of sp³-hybridized carbons (Fsp3) is 0.533. The van der Waals surface area contributed by atoms with Crippen molar-refractivity contribution in [1.82, 2.24) is 5.32 Å². The van der Waals surface area contributed by atoms with Gasteiger partial charge in [0.25, 0.3) is 0 Å². The molecule has 19 heavy (non-hydrogen) atoms. The topological polar surface area (TPSA) is 38.3 Å². The maximum Gasteiger partial charge on any atom is 0.227 e. The van der Waals surface area contributed by atoms with Crippen molar-refractivity contribution in [3.63, 3.8) is 0 Å². The van der Waals surface area contributed by atoms with Crippen molar-refractivity contribution < 1.29 is 9.53 Å². The minimum Gasteiger partial charge on any atom is -0.492 e. The molecule has 0 saturated heterocycles. The van der Waals surface area contributed by atoms with Crippen molar-refractivity contribution in [2.75, 3.05) is 6.61 Å². The summed E-state index contributed by atoms with van der Waals surface area (Å²) in [5.74, 6) is 0.748. The molecular formula is C15H20ClNO2. The fourth-order valence-electron chi connectivity index (χ4n) is 2.06. The number of halogens is 1. The molecule has 1 aliphatic heterocycles. The van der Waals surface area contributed by atoms with Crippen LogP contribution >= 0.6 is 11.6 Å². The molecule has 1 aliphatic rings. The zero-order chi connectivity index (χ0) is 14.0. The van der Waals surface area contributed by atoms with E-state index in [9.17, 15) is 4.79 Å². The molecule has 1 unspecified atom stereocenters. The van der Waals surface area contributed by atoms with E-state index in [1.54, 1.807) is 6.07 Å². The average molecular weight is 282 g/mol. The Labute approximate surface area is 119 Å². The molecular weight excluding hydrogens is 262 g/mol. The van der Waals surface area contributed by atoms with Crippen LogP contribution in [0.4, 0.5) is 0 Å². The van der Waals surface area contributed by atoms with Crippen molar-refractivity contribution in [2.45, 2.75) is 39.2 Å². The molecule has 0 spiro atoms. The van der Waals surface area contributed by atoms with Crippen molar-refractivity contribution in [2.24, 2.45) is 5.92 Å². The average Bonchev–Trinajstić information content (AvgIpc) is 2.37. The number of hydrogen-bond donors (Lipinski definition) is 1. The van der Waals surface area contributed by atoms with Gasteiger partial charge in [0, 0.05) is 10.6 Å². The summed E-state index contributed by atoms with van der Waals surface area (Å²) in [7, 11) is 0. The van der Waals surface area contributed by atoms with Crippen LogP contribution in [-0.2, 0) is 11.2 Å². The highest BCUT2D eigenvalue weighted by Crippen LogP contribution is 2.30. The molecule has 0 aromatic heterocycles. The second kappa shape index (κ2) is 5.41. The van der Waals surface area contributed by atoms with Crippen molar-refractivity contribution in [3.05, 3.63) is 28.8 Å². The second-order valence-corrected chi connectivity index (χ2v) is 6.13. The van der Waals surface area contributed by atoms with Crippen LogP contribution in [0.2, 0.25) is 5.02 Å². The zero-order valence-electron chi connectivity index (χ0n) is 11.6. The van der Waals surface area contributed by atoms with Crippen LogP contribution < -0.4 is 10.1 Å². The summed E-state index contributed by atoms with van der Waals surface area (Å²) in [6.07, 6.45) is 1.58. The Kier molecular flexibility index (Phi) is 4.04. The summed E-state index contributed by atoms with van der Waals surface area (Å²) >= 11 is 5.98. The summed E-state index contributed by atoms with van der Waals surface area (Å²) in [6.45, 7) is 6.55. The summed E-state index contributed by atoms with van der Waals surface area (Å²) in [5, 5.41) is 3.75. The summed E-state index contributed by atoms with van der Waals surface area (Å²) in [5.41, 5.74) is 0.833. The molecule has 1 aromatic rings. The Morgan fingerprint density at radius 2 is 2.26 bits per heavy atom. The van der Waals surface area contributed by atoms with E-state index in [0.29, 0.717) is 18.1 Å². The molecule has 1 amide bonds. The van der Waals surface area contributed by atoms with E-state index in [1.165, 1.54) is 0 Å². The van der Waals surface area contributed by atoms with Crippen LogP contribution in [-0.4, -0.2) is 18.1 Å². The molecule has 1 aromatic carbocycles. The molecule has 1 N–H and O–H groups in total. The van der Waals surface area contributed by atoms with Crippen LogP contribution in [0, 0.1) is 5.92 Å². The van der Waals surface area contributed by atoms with Crippen molar-refractivity contribution in [3.8, 4) is 5.75 Å². The van der Waals surface area contributed by atoms with E-state index < -0.39 is 0 Å². The molecule has 0 radical (unpaired) electrons. The minimum atomic E-state index is -0.175. The van der Waals surface area contributed by atoms with Gasteiger partial charge in [0.1, 0.15) is 12.4 Å². The molecule has 0 aliphatic carbocycles. The van der Waals surface area contributed by atoms with Crippen LogP contribution in [0.15, 0.2) is 18.2 Å². The summed E-state index contributed by atoms with van der Waals surface area (Å²) < 4.78 is 5.64. The lowest BCUT2D eigenvalue weighted by atomic mass is 9.94. The highest BCUT2D eigenvalue weighted by molar-refractivity contribution is 6.30. The normalized spacial score (nSPS) is 18.4. The minimum absolute atomic E-state index is 0.0532. The zero-order valence-corrected chi connectivity index (χ0v) is 12.4. The van der Waals surface area contributed by atoms with Gasteiger partial charge in [0.05, 0.1) is 5.92 Å². The number of rotatable bonds is 3. The number of benzene rings is 1. The highest BCUT2D eigenvalue weighted by Gasteiger charge is 2.29. The first-order chi connectivity index (χ1) is 8.91. The number of carbonyl (C=O) groups is 1. The van der Waals surface area contributed by atoms with E-state index >= 15 is 0 Å². The summed E-state index contributed by atoms with van der Waals surface area (Å²) in [6, 6.07) is 5.55. The Hall–Kier alpha value is -1.22. The first-order valence-corrected chi connectivity index (χ1v) is 7.02. The van der Waals surface area contributed by atoms with Crippen molar-refractivity contribution >= 4 is 17.5 Å². The quantitative estimate of drug-likeness (QED) is 0.924. The largest absolute Gasteiger partial charge is 0.492 e. The van der Waals surface area contributed by atoms with E-state index in [-0.39, 0.29) is 17.4 Å². The lowest BCUT2D eigenvalue weighted by Crippen LogP contribution is -2.47. The van der Waals surface area contributed by atoms with Gasteiger partial charge in [0.15, 0.2) is 0 Å². The molecule has 0 saturated carbocycles. The lowest BCUT2D eigenvalue weighted by molar-refractivity contribution is -0.128. The Balaban J connectivity index is 2.07. The number of ether oxygens (including phenoxy) is 1. The highest BCUT2D eigenvalue weighted by atomic mass is 35.5. The van der Waals surface area contributed by atoms with Gasteiger partial charge in [-0.2, -0.15) is 0 Å². The van der Waals surface area contributed by atoms with Gasteiger partial charge in [-0.1, -0.05) is 18.5 Å². The first-order valence-electron chi connectivity index (χ1n) is 6.64. The molecule has 1 heterocycles. The SMILES string of the molecule is CCC(C)(C)NC(=O)C1COc2ccc(Cl)cc2C1. The number of fused-ring (bicyclic) bond motifs is 1. The first kappa shape index (κ1) is 14.2. The number of amides is 1. The van der Waals surface area contributed by atoms with E-state index in [2.05, 4.69) is 12.2 Å². The van der Waals surface area contributed by atoms with Crippen LogP contribution in [0.5, 0.6) is 5.75 Å². The molecule has 3 nitrogen and oxygen atoms in total. The van der Waals surface area contributed by atoms with E-state index in [0.717, 1.165) is 17.7 Å². The maximum absolute atomic E-state index is 12.2. The van der Waals surface area contributed by atoms with Gasteiger partial charge >= 0.3 is 0 Å². The molecule has 104 valence electrons. The monoisotopic (exact) mass is 281 g/mol. The third kappa shape index (κ3) is 3.41. The third-order valence-corrected chi connectivity index (χ3v) is 3.88. The molecule has 0 bridgehead atoms. The predicted octanol–water partition coefficient (Wildman–Crippen LogP) is 3.20. The smallest absolute Gasteiger partial charge is 0.227 e. The number of hydrogen-bond acceptors (Lipinski definition) is 2. The van der Waals surface area contributed by atoms with E-state index in [1.807, 2.05) is 26.0 Å². The van der Waals surface area contributed by atoms with Crippen LogP contribution in [0.1, 0.15) is 32.8 Å². The van der Waals surface area contributed by atoms with Gasteiger partial charge in [0.2, 0.25) is 5.91 Å². The van der Waals surface area contributed by atoms with Crippen molar-refractivity contribution in [1.29, 1.82) is 0 Å². The van der Waals surface area contributed by atoms with Gasteiger partial charge in [-0.25, -0.2) is 0 Å². The Morgan fingerprint density at radius 1 is 1.53 bits per heavy atom. The fourth-order valence-corrected chi connectivity index (χ4v) is 2.25.